The summed E-state index contributed by atoms with van der Waals surface area (Å²) in [6, 6.07) is 0.356. The van der Waals surface area contributed by atoms with Crippen molar-refractivity contribution in [3.8, 4) is 0 Å². The van der Waals surface area contributed by atoms with Crippen molar-refractivity contribution in [3.05, 3.63) is 32.6 Å². The normalized spacial score (nSPS) is 20.6. The number of likely N-dealkylation sites (tertiary alicyclic amines) is 1. The van der Waals surface area contributed by atoms with E-state index in [0.717, 1.165) is 32.5 Å². The molecule has 0 bridgehead atoms. The van der Waals surface area contributed by atoms with Gasteiger partial charge in [-0.25, -0.2) is 9.59 Å². The summed E-state index contributed by atoms with van der Waals surface area (Å²) in [5.41, 5.74) is 5.42. The lowest BCUT2D eigenvalue weighted by atomic mass is 10.1. The summed E-state index contributed by atoms with van der Waals surface area (Å²) >= 11 is 1.38. The number of nitrogens with one attached hydrogen (secondary N) is 4. The molecular weight excluding hydrogens is 394 g/mol. The lowest BCUT2D eigenvalue weighted by molar-refractivity contribution is 0.209. The van der Waals surface area contributed by atoms with Gasteiger partial charge in [-0.15, -0.1) is 0 Å². The Hall–Kier alpha value is -1.82. The zero-order chi connectivity index (χ0) is 21.4. The van der Waals surface area contributed by atoms with Crippen LogP contribution in [0.4, 0.5) is 4.79 Å². The number of nitrogens with two attached hydrogens (primary N) is 1. The molecule has 0 spiro atoms. The van der Waals surface area contributed by atoms with E-state index in [4.69, 9.17) is 5.73 Å². The van der Waals surface area contributed by atoms with Gasteiger partial charge in [0.15, 0.2) is 0 Å². The molecule has 0 saturated carbocycles. The van der Waals surface area contributed by atoms with E-state index >= 15 is 0 Å². The molecule has 2 amide bonds. The summed E-state index contributed by atoms with van der Waals surface area (Å²) in [6.45, 7) is 5.57. The molecule has 10 nitrogen and oxygen atoms in total. The van der Waals surface area contributed by atoms with E-state index in [1.54, 1.807) is 11.4 Å². The first-order chi connectivity index (χ1) is 13.8. The lowest BCUT2D eigenvalue weighted by Crippen LogP contribution is -2.42. The van der Waals surface area contributed by atoms with Gasteiger partial charge in [0.25, 0.3) is 5.56 Å². The Morgan fingerprint density at radius 3 is 2.90 bits per heavy atom. The Bertz CT molecular complexity index is 768. The molecule has 1 aromatic heterocycles. The van der Waals surface area contributed by atoms with Crippen LogP contribution in [0.25, 0.3) is 0 Å². The van der Waals surface area contributed by atoms with Crippen LogP contribution in [0.15, 0.2) is 15.8 Å². The maximum atomic E-state index is 12.2. The van der Waals surface area contributed by atoms with Crippen molar-refractivity contribution in [2.24, 2.45) is 11.7 Å². The molecule has 1 aliphatic heterocycles. The Morgan fingerprint density at radius 2 is 2.24 bits per heavy atom. The number of aromatic amines is 2. The van der Waals surface area contributed by atoms with Gasteiger partial charge in [0.1, 0.15) is 0 Å². The highest BCUT2D eigenvalue weighted by atomic mass is 32.2. The third kappa shape index (κ3) is 7.18. The van der Waals surface area contributed by atoms with E-state index in [0.29, 0.717) is 30.6 Å². The molecule has 1 fully saturated rings. The van der Waals surface area contributed by atoms with Crippen molar-refractivity contribution >= 4 is 18.0 Å². The summed E-state index contributed by atoms with van der Waals surface area (Å²) < 4.78 is 1.59. The molecule has 1 aliphatic rings. The number of nitrogens with zero attached hydrogens (tertiary/aromatic N) is 2. The number of carbonyl (C=O) groups is 1. The maximum Gasteiger partial charge on any atom is 0.327 e. The Morgan fingerprint density at radius 1 is 1.48 bits per heavy atom. The Kier molecular flexibility index (Phi) is 9.21. The average Bonchev–Trinajstić information content (AvgIpc) is 3.06. The van der Waals surface area contributed by atoms with Crippen molar-refractivity contribution < 1.29 is 4.79 Å². The van der Waals surface area contributed by atoms with Gasteiger partial charge >= 0.3 is 11.7 Å². The molecule has 2 heterocycles. The second kappa shape index (κ2) is 11.4. The number of hydrogen-bond donors (Lipinski definition) is 5. The minimum absolute atomic E-state index is 0.0783. The molecule has 29 heavy (non-hydrogen) atoms. The fourth-order valence-electron chi connectivity index (χ4n) is 3.50. The first kappa shape index (κ1) is 23.5. The van der Waals surface area contributed by atoms with Crippen LogP contribution in [0.2, 0.25) is 0 Å². The van der Waals surface area contributed by atoms with Crippen molar-refractivity contribution in [2.45, 2.75) is 38.4 Å². The number of H-pyrrole nitrogens is 2. The van der Waals surface area contributed by atoms with E-state index in [2.05, 4.69) is 32.4 Å². The van der Waals surface area contributed by atoms with Crippen LogP contribution < -0.4 is 27.6 Å². The van der Waals surface area contributed by atoms with Crippen molar-refractivity contribution in [3.63, 3.8) is 0 Å². The first-order valence-electron chi connectivity index (χ1n) is 9.88. The van der Waals surface area contributed by atoms with E-state index in [-0.39, 0.29) is 17.6 Å². The maximum absolute atomic E-state index is 12.2. The minimum Gasteiger partial charge on any atom is -0.333 e. The predicted molar refractivity (Wildman–Crippen MR) is 116 cm³/mol. The summed E-state index contributed by atoms with van der Waals surface area (Å²) in [7, 11) is 1.75. The van der Waals surface area contributed by atoms with Gasteiger partial charge in [-0.2, -0.15) is 0 Å². The quantitative estimate of drug-likeness (QED) is 0.250. The zero-order valence-corrected chi connectivity index (χ0v) is 18.2. The van der Waals surface area contributed by atoms with Gasteiger partial charge in [0, 0.05) is 56.8 Å². The summed E-state index contributed by atoms with van der Waals surface area (Å²) in [4.78, 5) is 42.1. The van der Waals surface area contributed by atoms with Crippen molar-refractivity contribution in [1.82, 2.24) is 29.8 Å². The number of aromatic nitrogens is 2. The lowest BCUT2D eigenvalue weighted by Gasteiger charge is -2.27. The molecule has 6 N–H and O–H groups in total. The largest absolute Gasteiger partial charge is 0.333 e. The van der Waals surface area contributed by atoms with E-state index in [1.165, 1.54) is 18.1 Å². The molecule has 2 rings (SSSR count). The van der Waals surface area contributed by atoms with Crippen LogP contribution in [0, 0.1) is 5.92 Å². The van der Waals surface area contributed by atoms with Crippen LogP contribution >= 0.6 is 11.9 Å². The third-order valence-corrected chi connectivity index (χ3v) is 5.94. The summed E-state index contributed by atoms with van der Waals surface area (Å²) in [5.74, 6) is 0.383. The van der Waals surface area contributed by atoms with Gasteiger partial charge in [0.2, 0.25) is 0 Å². The SMILES string of the molecule is CSN(C)C(=O)NC1CC(CCNCc2c[nH]c(=O)[nH]c2=O)N(CC(C)CN)C1. The Balaban J connectivity index is 1.88. The predicted octanol–water partition coefficient (Wildman–Crippen LogP) is -0.500. The van der Waals surface area contributed by atoms with Crippen LogP contribution in [-0.2, 0) is 6.54 Å². The molecule has 164 valence electrons. The average molecular weight is 428 g/mol. The fraction of sp³-hybridized carbons (Fsp3) is 0.722. The van der Waals surface area contributed by atoms with Crippen molar-refractivity contribution in [2.75, 3.05) is 39.5 Å². The van der Waals surface area contributed by atoms with Gasteiger partial charge in [-0.3, -0.25) is 19.0 Å². The summed E-state index contributed by atoms with van der Waals surface area (Å²) in [6.07, 6.45) is 5.08. The minimum atomic E-state index is -0.505. The zero-order valence-electron chi connectivity index (χ0n) is 17.4. The molecule has 11 heteroatoms. The number of hydrogen-bond acceptors (Lipinski definition) is 7. The second-order valence-electron chi connectivity index (χ2n) is 7.57. The molecule has 1 saturated heterocycles. The highest BCUT2D eigenvalue weighted by molar-refractivity contribution is 7.96. The Labute approximate surface area is 175 Å². The highest BCUT2D eigenvalue weighted by Crippen LogP contribution is 2.22. The molecular formula is C18H33N7O3S. The molecule has 1 aromatic rings. The number of carbonyl (C=O) groups excluding carboxylic acids is 1. The molecule has 3 unspecified atom stereocenters. The first-order valence-corrected chi connectivity index (χ1v) is 11.1. The summed E-state index contributed by atoms with van der Waals surface area (Å²) in [5, 5.41) is 6.37. The molecule has 0 radical (unpaired) electrons. The molecule has 3 atom stereocenters. The molecule has 0 aromatic carbocycles. The molecule has 0 aliphatic carbocycles. The van der Waals surface area contributed by atoms with Crippen molar-refractivity contribution in [1.29, 1.82) is 0 Å². The number of amides is 2. The number of rotatable bonds is 10. The van der Waals surface area contributed by atoms with Gasteiger partial charge in [-0.1, -0.05) is 6.92 Å². The highest BCUT2D eigenvalue weighted by Gasteiger charge is 2.33. The van der Waals surface area contributed by atoms with Crippen LogP contribution in [0.3, 0.4) is 0 Å². The fourth-order valence-corrected chi connectivity index (χ4v) is 3.72. The van der Waals surface area contributed by atoms with E-state index in [9.17, 15) is 14.4 Å². The van der Waals surface area contributed by atoms with Gasteiger partial charge in [0.05, 0.1) is 0 Å². The monoisotopic (exact) mass is 427 g/mol. The number of urea groups is 1. The smallest absolute Gasteiger partial charge is 0.327 e. The third-order valence-electron chi connectivity index (χ3n) is 5.23. The van der Waals surface area contributed by atoms with Crippen LogP contribution in [0.1, 0.15) is 25.3 Å². The van der Waals surface area contributed by atoms with E-state index in [1.807, 2.05) is 6.26 Å². The standard InChI is InChI=1S/C18H33N7O3S/c1-12(7-19)10-25-11-14(22-18(28)24(2)29-3)6-15(25)4-5-20-8-13-9-21-17(27)23-16(13)26/h9,12,14-15,20H,4-8,10-11,19H2,1-3H3,(H,22,28)(H2,21,23,26,27). The van der Waals surface area contributed by atoms with E-state index < -0.39 is 5.69 Å². The van der Waals surface area contributed by atoms with Gasteiger partial charge < -0.3 is 21.4 Å². The van der Waals surface area contributed by atoms with Crippen LogP contribution in [0.5, 0.6) is 0 Å². The van der Waals surface area contributed by atoms with Crippen LogP contribution in [-0.4, -0.2) is 76.8 Å². The topological polar surface area (TPSA) is 139 Å². The second-order valence-corrected chi connectivity index (χ2v) is 8.49. The van der Waals surface area contributed by atoms with Gasteiger partial charge in [-0.05, 0) is 43.8 Å².